The Labute approximate surface area is 78.2 Å². The first-order valence-corrected chi connectivity index (χ1v) is 4.45. The Balaban J connectivity index is 2.44. The van der Waals surface area contributed by atoms with E-state index in [-0.39, 0.29) is 10.8 Å². The quantitative estimate of drug-likeness (QED) is 0.651. The van der Waals surface area contributed by atoms with E-state index >= 15 is 0 Å². The summed E-state index contributed by atoms with van der Waals surface area (Å²) in [5.74, 6) is 0. The summed E-state index contributed by atoms with van der Waals surface area (Å²) in [4.78, 5) is 4.26. The van der Waals surface area contributed by atoms with Gasteiger partial charge in [0.25, 0.3) is 0 Å². The van der Waals surface area contributed by atoms with Crippen LogP contribution in [0.5, 0.6) is 0 Å². The maximum Gasteiger partial charge on any atom is 0.105 e. The Kier molecular flexibility index (Phi) is 1.47. The minimum atomic E-state index is -0.325. The second-order valence-corrected chi connectivity index (χ2v) is 4.29. The van der Waals surface area contributed by atoms with Crippen molar-refractivity contribution in [2.24, 2.45) is 5.41 Å². The fourth-order valence-corrected chi connectivity index (χ4v) is 1.92. The molecular formula is C11H12N2. The Morgan fingerprint density at radius 3 is 2.54 bits per heavy atom. The Morgan fingerprint density at radius 2 is 2.15 bits per heavy atom. The number of hydrogen-bond acceptors (Lipinski definition) is 2. The average molecular weight is 172 g/mol. The largest absolute Gasteiger partial charge is 0.260 e. The summed E-state index contributed by atoms with van der Waals surface area (Å²) in [5, 5.41) is 9.16. The van der Waals surface area contributed by atoms with Crippen LogP contribution >= 0.6 is 0 Å². The first-order chi connectivity index (χ1) is 6.12. The summed E-state index contributed by atoms with van der Waals surface area (Å²) in [6.07, 6.45) is 2.68. The third-order valence-electron chi connectivity index (χ3n) is 3.03. The molecular weight excluding hydrogens is 160 g/mol. The summed E-state index contributed by atoms with van der Waals surface area (Å²) in [6.45, 7) is 4.23. The maximum atomic E-state index is 9.16. The predicted molar refractivity (Wildman–Crippen MR) is 49.9 cm³/mol. The van der Waals surface area contributed by atoms with Crippen LogP contribution in [-0.4, -0.2) is 4.98 Å². The highest BCUT2D eigenvalue weighted by atomic mass is 14.8. The summed E-state index contributed by atoms with van der Waals surface area (Å²) < 4.78 is 0. The normalized spacial score (nSPS) is 29.3. The Morgan fingerprint density at radius 1 is 1.46 bits per heavy atom. The van der Waals surface area contributed by atoms with E-state index in [0.29, 0.717) is 0 Å². The third-order valence-corrected chi connectivity index (χ3v) is 3.03. The fraction of sp³-hybridized carbons (Fsp3) is 0.455. The van der Waals surface area contributed by atoms with E-state index in [9.17, 15) is 0 Å². The molecule has 0 aliphatic heterocycles. The number of rotatable bonds is 1. The first-order valence-electron chi connectivity index (χ1n) is 4.45. The van der Waals surface area contributed by atoms with E-state index in [1.807, 2.05) is 18.2 Å². The minimum absolute atomic E-state index is 0.0934. The molecule has 0 bridgehead atoms. The van der Waals surface area contributed by atoms with Crippen molar-refractivity contribution in [2.45, 2.75) is 25.7 Å². The predicted octanol–water partition coefficient (Wildman–Crippen LogP) is 2.27. The van der Waals surface area contributed by atoms with Crippen LogP contribution in [0, 0.1) is 16.7 Å². The lowest BCUT2D eigenvalue weighted by atomic mass is 9.93. The maximum absolute atomic E-state index is 9.16. The monoisotopic (exact) mass is 172 g/mol. The van der Waals surface area contributed by atoms with Crippen molar-refractivity contribution in [1.82, 2.24) is 4.98 Å². The molecule has 0 N–H and O–H groups in total. The zero-order valence-corrected chi connectivity index (χ0v) is 7.91. The van der Waals surface area contributed by atoms with Gasteiger partial charge in [0.2, 0.25) is 0 Å². The molecule has 66 valence electrons. The second kappa shape index (κ2) is 2.32. The number of nitriles is 1. The first kappa shape index (κ1) is 8.25. The zero-order chi connectivity index (χ0) is 9.53. The smallest absolute Gasteiger partial charge is 0.105 e. The van der Waals surface area contributed by atoms with Crippen molar-refractivity contribution in [2.75, 3.05) is 0 Å². The lowest BCUT2D eigenvalue weighted by Crippen LogP contribution is -2.13. The highest BCUT2D eigenvalue weighted by molar-refractivity contribution is 5.40. The Bertz CT molecular complexity index is 361. The van der Waals surface area contributed by atoms with Gasteiger partial charge < -0.3 is 0 Å². The molecule has 13 heavy (non-hydrogen) atoms. The molecule has 1 aliphatic rings. The van der Waals surface area contributed by atoms with Crippen LogP contribution in [0.25, 0.3) is 0 Å². The summed E-state index contributed by atoms with van der Waals surface area (Å²) in [5.41, 5.74) is 0.687. The van der Waals surface area contributed by atoms with Crippen molar-refractivity contribution in [1.29, 1.82) is 5.26 Å². The molecule has 2 rings (SSSR count). The van der Waals surface area contributed by atoms with Crippen LogP contribution < -0.4 is 0 Å². The Hall–Kier alpha value is -1.36. The molecule has 1 aliphatic carbocycles. The molecule has 1 fully saturated rings. The van der Waals surface area contributed by atoms with Crippen LogP contribution in [-0.2, 0) is 5.41 Å². The number of pyridine rings is 1. The standard InChI is InChI=1S/C11H12N2/c1-10(2)7-11(10,8-12)9-5-3-4-6-13-9/h3-6H,7H2,1-2H3. The van der Waals surface area contributed by atoms with Gasteiger partial charge >= 0.3 is 0 Å². The molecule has 1 atom stereocenters. The van der Waals surface area contributed by atoms with E-state index in [0.717, 1.165) is 12.1 Å². The lowest BCUT2D eigenvalue weighted by Gasteiger charge is -2.10. The average Bonchev–Trinajstić information content (AvgIpc) is 2.72. The molecule has 1 unspecified atom stereocenters. The summed E-state index contributed by atoms with van der Waals surface area (Å²) in [7, 11) is 0. The highest BCUT2D eigenvalue weighted by Gasteiger charge is 2.64. The SMILES string of the molecule is CC1(C)CC1(C#N)c1ccccn1. The molecule has 1 heterocycles. The van der Waals surface area contributed by atoms with Gasteiger partial charge in [-0.3, -0.25) is 4.98 Å². The van der Waals surface area contributed by atoms with Crippen molar-refractivity contribution >= 4 is 0 Å². The molecule has 0 spiro atoms. The number of nitrogens with zero attached hydrogens (tertiary/aromatic N) is 2. The van der Waals surface area contributed by atoms with Gasteiger partial charge in [-0.15, -0.1) is 0 Å². The van der Waals surface area contributed by atoms with Crippen molar-refractivity contribution in [3.8, 4) is 6.07 Å². The zero-order valence-electron chi connectivity index (χ0n) is 7.91. The molecule has 2 heteroatoms. The van der Waals surface area contributed by atoms with Crippen molar-refractivity contribution in [3.63, 3.8) is 0 Å². The molecule has 0 radical (unpaired) electrons. The third kappa shape index (κ3) is 0.968. The van der Waals surface area contributed by atoms with E-state index in [1.54, 1.807) is 6.20 Å². The van der Waals surface area contributed by atoms with E-state index in [2.05, 4.69) is 24.9 Å². The van der Waals surface area contributed by atoms with Crippen molar-refractivity contribution in [3.05, 3.63) is 30.1 Å². The van der Waals surface area contributed by atoms with Crippen LogP contribution in [0.1, 0.15) is 26.0 Å². The highest BCUT2D eigenvalue weighted by Crippen LogP contribution is 2.63. The second-order valence-electron chi connectivity index (χ2n) is 4.29. The van der Waals surface area contributed by atoms with Gasteiger partial charge in [-0.1, -0.05) is 19.9 Å². The topological polar surface area (TPSA) is 36.7 Å². The van der Waals surface area contributed by atoms with E-state index in [4.69, 9.17) is 5.26 Å². The van der Waals surface area contributed by atoms with Crippen LogP contribution in [0.4, 0.5) is 0 Å². The lowest BCUT2D eigenvalue weighted by molar-refractivity contribution is 0.561. The van der Waals surface area contributed by atoms with Gasteiger partial charge in [-0.05, 0) is 24.0 Å². The summed E-state index contributed by atoms with van der Waals surface area (Å²) in [6, 6.07) is 8.16. The van der Waals surface area contributed by atoms with Gasteiger partial charge in [-0.25, -0.2) is 0 Å². The molecule has 1 aromatic heterocycles. The molecule has 0 saturated heterocycles. The number of aromatic nitrogens is 1. The van der Waals surface area contributed by atoms with Gasteiger partial charge in [0.15, 0.2) is 0 Å². The van der Waals surface area contributed by atoms with Crippen molar-refractivity contribution < 1.29 is 0 Å². The summed E-state index contributed by atoms with van der Waals surface area (Å²) >= 11 is 0. The van der Waals surface area contributed by atoms with Crippen LogP contribution in [0.15, 0.2) is 24.4 Å². The molecule has 1 saturated carbocycles. The number of hydrogen-bond donors (Lipinski definition) is 0. The molecule has 0 amide bonds. The molecule has 2 nitrogen and oxygen atoms in total. The van der Waals surface area contributed by atoms with Crippen LogP contribution in [0.3, 0.4) is 0 Å². The fourth-order valence-electron chi connectivity index (χ4n) is 1.92. The van der Waals surface area contributed by atoms with Gasteiger partial charge in [-0.2, -0.15) is 5.26 Å². The van der Waals surface area contributed by atoms with Gasteiger partial charge in [0.1, 0.15) is 5.41 Å². The molecule has 0 aromatic carbocycles. The van der Waals surface area contributed by atoms with E-state index in [1.165, 1.54) is 0 Å². The van der Waals surface area contributed by atoms with E-state index < -0.39 is 0 Å². The van der Waals surface area contributed by atoms with Gasteiger partial charge in [0.05, 0.1) is 11.8 Å². The van der Waals surface area contributed by atoms with Gasteiger partial charge in [0, 0.05) is 6.20 Å². The minimum Gasteiger partial charge on any atom is -0.260 e. The molecule has 1 aromatic rings. The van der Waals surface area contributed by atoms with Crippen LogP contribution in [0.2, 0.25) is 0 Å².